The van der Waals surface area contributed by atoms with Gasteiger partial charge in [0.25, 0.3) is 0 Å². The summed E-state index contributed by atoms with van der Waals surface area (Å²) in [4.78, 5) is 10.3. The second-order valence-electron chi connectivity index (χ2n) is 8.43. The highest BCUT2D eigenvalue weighted by Crippen LogP contribution is 2.07. The summed E-state index contributed by atoms with van der Waals surface area (Å²) in [5.74, 6) is -0.0340. The highest BCUT2D eigenvalue weighted by molar-refractivity contribution is 5.66. The third-order valence-corrected chi connectivity index (χ3v) is 5.05. The molecule has 0 aliphatic rings. The molecule has 0 saturated heterocycles. The van der Waals surface area contributed by atoms with E-state index in [0.717, 1.165) is 5.75 Å². The molecule has 0 atom stereocenters. The molecule has 0 aromatic heterocycles. The highest BCUT2D eigenvalue weighted by atomic mass is 16.6. The Kier molecular flexibility index (Phi) is 29.1. The van der Waals surface area contributed by atoms with Crippen LogP contribution in [0, 0.1) is 0 Å². The molecule has 244 valence electrons. The van der Waals surface area contributed by atoms with Gasteiger partial charge in [0.1, 0.15) is 12.4 Å². The van der Waals surface area contributed by atoms with Crippen LogP contribution in [0.4, 0.5) is 0 Å². The van der Waals surface area contributed by atoms with Gasteiger partial charge in [0.15, 0.2) is 0 Å². The maximum atomic E-state index is 10.3. The van der Waals surface area contributed by atoms with Gasteiger partial charge in [-0.1, -0.05) is 18.2 Å². The number of carbonyl (C=O) groups is 1. The van der Waals surface area contributed by atoms with E-state index < -0.39 is 5.97 Å². The largest absolute Gasteiger partial charge is 0.491 e. The lowest BCUT2D eigenvalue weighted by atomic mass is 10.3. The summed E-state index contributed by atoms with van der Waals surface area (Å²) in [7, 11) is 0. The van der Waals surface area contributed by atoms with Crippen LogP contribution in [0.15, 0.2) is 30.3 Å². The van der Waals surface area contributed by atoms with Crippen molar-refractivity contribution in [1.29, 1.82) is 0 Å². The molecule has 1 N–H and O–H groups in total. The fourth-order valence-electron chi connectivity index (χ4n) is 2.98. The monoisotopic (exact) mass is 606 g/mol. The predicted octanol–water partition coefficient (Wildman–Crippen LogP) is 1.71. The Morgan fingerprint density at radius 1 is 0.405 bits per heavy atom. The molecule has 0 bridgehead atoms. The SMILES string of the molecule is O=C(O)CCOCCOCCOCCOCCOCCOCCOCCOCCOCCOCCOc1ccccc1. The Balaban J connectivity index is 1.62. The molecule has 0 saturated carbocycles. The van der Waals surface area contributed by atoms with Crippen LogP contribution < -0.4 is 4.74 Å². The fraction of sp³-hybridized carbons (Fsp3) is 0.759. The molecule has 0 aliphatic carbocycles. The molecule has 0 fully saturated rings. The molecule has 42 heavy (non-hydrogen) atoms. The average molecular weight is 607 g/mol. The van der Waals surface area contributed by atoms with Crippen LogP contribution in [0.2, 0.25) is 0 Å². The summed E-state index contributed by atoms with van der Waals surface area (Å²) in [5, 5.41) is 8.48. The van der Waals surface area contributed by atoms with Gasteiger partial charge in [-0.3, -0.25) is 4.79 Å². The lowest BCUT2D eigenvalue weighted by Gasteiger charge is -2.09. The first-order valence-electron chi connectivity index (χ1n) is 14.5. The molecule has 0 heterocycles. The van der Waals surface area contributed by atoms with Gasteiger partial charge >= 0.3 is 5.97 Å². The van der Waals surface area contributed by atoms with Gasteiger partial charge in [0, 0.05) is 0 Å². The van der Waals surface area contributed by atoms with E-state index in [4.69, 9.17) is 57.2 Å². The summed E-state index contributed by atoms with van der Waals surface area (Å²) in [6.07, 6.45) is -0.00110. The van der Waals surface area contributed by atoms with Crippen molar-refractivity contribution in [2.24, 2.45) is 0 Å². The van der Waals surface area contributed by atoms with Gasteiger partial charge in [-0.05, 0) is 12.1 Å². The first-order valence-corrected chi connectivity index (χ1v) is 14.5. The molecule has 0 amide bonds. The number of para-hydroxylation sites is 1. The van der Waals surface area contributed by atoms with E-state index >= 15 is 0 Å². The van der Waals surface area contributed by atoms with Crippen LogP contribution >= 0.6 is 0 Å². The summed E-state index contributed by atoms with van der Waals surface area (Å²) in [5.41, 5.74) is 0. The lowest BCUT2D eigenvalue weighted by molar-refractivity contribution is -0.138. The zero-order valence-corrected chi connectivity index (χ0v) is 24.8. The molecular formula is C29H50O13. The van der Waals surface area contributed by atoms with Gasteiger partial charge in [0.2, 0.25) is 0 Å². The van der Waals surface area contributed by atoms with Crippen LogP contribution in [-0.2, 0) is 52.2 Å². The van der Waals surface area contributed by atoms with Crippen molar-refractivity contribution in [1.82, 2.24) is 0 Å². The van der Waals surface area contributed by atoms with Crippen LogP contribution in [0.5, 0.6) is 5.75 Å². The van der Waals surface area contributed by atoms with E-state index in [1.807, 2.05) is 30.3 Å². The first kappa shape index (κ1) is 38.1. The Bertz CT molecular complexity index is 681. The van der Waals surface area contributed by atoms with Crippen molar-refractivity contribution in [3.8, 4) is 5.75 Å². The topological polar surface area (TPSA) is 139 Å². The van der Waals surface area contributed by atoms with E-state index in [1.54, 1.807) is 0 Å². The minimum Gasteiger partial charge on any atom is -0.491 e. The Morgan fingerprint density at radius 3 is 0.952 bits per heavy atom. The number of carboxylic acids is 1. The van der Waals surface area contributed by atoms with E-state index in [2.05, 4.69) is 0 Å². The number of carboxylic acid groups (broad SMARTS) is 1. The summed E-state index contributed by atoms with van der Waals surface area (Å²) < 4.78 is 59.5. The number of benzene rings is 1. The van der Waals surface area contributed by atoms with Crippen molar-refractivity contribution < 1.29 is 62.0 Å². The Morgan fingerprint density at radius 2 is 0.667 bits per heavy atom. The smallest absolute Gasteiger partial charge is 0.305 e. The number of hydrogen-bond donors (Lipinski definition) is 1. The third-order valence-electron chi connectivity index (χ3n) is 5.05. The molecule has 1 aromatic carbocycles. The van der Waals surface area contributed by atoms with Crippen molar-refractivity contribution in [3.05, 3.63) is 30.3 Å². The second-order valence-corrected chi connectivity index (χ2v) is 8.43. The van der Waals surface area contributed by atoms with Crippen molar-refractivity contribution >= 4 is 5.97 Å². The van der Waals surface area contributed by atoms with Crippen LogP contribution in [0.1, 0.15) is 6.42 Å². The summed E-state index contributed by atoms with van der Waals surface area (Å²) in [6.45, 7) is 9.90. The molecule has 13 nitrogen and oxygen atoms in total. The van der Waals surface area contributed by atoms with Gasteiger partial charge in [-0.2, -0.15) is 0 Å². The molecule has 0 unspecified atom stereocenters. The molecule has 0 aliphatic heterocycles. The zero-order chi connectivity index (χ0) is 30.0. The standard InChI is InChI=1S/C29H50O13/c30-29(31)6-7-32-8-9-33-10-11-34-12-13-35-14-15-36-16-17-37-18-19-38-20-21-39-22-23-40-24-25-41-26-27-42-28-4-2-1-3-5-28/h1-5H,6-27H2,(H,30,31). The average Bonchev–Trinajstić information content (AvgIpc) is 3.00. The predicted molar refractivity (Wildman–Crippen MR) is 152 cm³/mol. The van der Waals surface area contributed by atoms with Gasteiger partial charge < -0.3 is 57.2 Å². The normalized spacial score (nSPS) is 11.2. The van der Waals surface area contributed by atoms with Crippen LogP contribution in [0.25, 0.3) is 0 Å². The molecule has 13 heteroatoms. The minimum atomic E-state index is -0.873. The summed E-state index contributed by atoms with van der Waals surface area (Å²) >= 11 is 0. The fourth-order valence-corrected chi connectivity index (χ4v) is 2.98. The maximum absolute atomic E-state index is 10.3. The first-order chi connectivity index (χ1) is 20.8. The molecule has 1 aromatic rings. The maximum Gasteiger partial charge on any atom is 0.305 e. The van der Waals surface area contributed by atoms with Crippen molar-refractivity contribution in [3.63, 3.8) is 0 Å². The number of aliphatic carboxylic acids is 1. The van der Waals surface area contributed by atoms with Gasteiger partial charge in [-0.25, -0.2) is 0 Å². The molecule has 0 spiro atoms. The molecule has 1 rings (SSSR count). The van der Waals surface area contributed by atoms with E-state index in [9.17, 15) is 4.79 Å². The van der Waals surface area contributed by atoms with Gasteiger partial charge in [0.05, 0.1) is 139 Å². The van der Waals surface area contributed by atoms with E-state index in [1.165, 1.54) is 0 Å². The number of ether oxygens (including phenoxy) is 11. The Labute approximate surface area is 249 Å². The van der Waals surface area contributed by atoms with Crippen LogP contribution in [0.3, 0.4) is 0 Å². The third kappa shape index (κ3) is 29.6. The second kappa shape index (κ2) is 32.0. The summed E-state index contributed by atoms with van der Waals surface area (Å²) in [6, 6.07) is 9.65. The van der Waals surface area contributed by atoms with E-state index in [-0.39, 0.29) is 13.0 Å². The van der Waals surface area contributed by atoms with Crippen molar-refractivity contribution in [2.45, 2.75) is 6.42 Å². The number of rotatable bonds is 34. The number of hydrogen-bond acceptors (Lipinski definition) is 12. The lowest BCUT2D eigenvalue weighted by Crippen LogP contribution is -2.15. The minimum absolute atomic E-state index is 0.00110. The van der Waals surface area contributed by atoms with E-state index in [0.29, 0.717) is 132 Å². The van der Waals surface area contributed by atoms with Crippen molar-refractivity contribution in [2.75, 3.05) is 139 Å². The van der Waals surface area contributed by atoms with Gasteiger partial charge in [-0.15, -0.1) is 0 Å². The zero-order valence-electron chi connectivity index (χ0n) is 24.8. The Hall–Kier alpha value is -1.91. The quantitative estimate of drug-likeness (QED) is 0.114. The highest BCUT2D eigenvalue weighted by Gasteiger charge is 1.98. The van der Waals surface area contributed by atoms with Crippen LogP contribution in [-0.4, -0.2) is 150 Å². The molecular weight excluding hydrogens is 556 g/mol. The molecule has 0 radical (unpaired) electrons.